The summed E-state index contributed by atoms with van der Waals surface area (Å²) in [5, 5.41) is 3.76. The monoisotopic (exact) mass is 333 g/mol. The fourth-order valence-corrected chi connectivity index (χ4v) is 1.99. The Morgan fingerprint density at radius 1 is 1.50 bits per heavy atom. The van der Waals surface area contributed by atoms with E-state index >= 15 is 0 Å². The van der Waals surface area contributed by atoms with E-state index in [1.165, 1.54) is 0 Å². The Kier molecular flexibility index (Phi) is 6.50. The largest absolute Gasteiger partial charge is 0.464 e. The van der Waals surface area contributed by atoms with Gasteiger partial charge in [-0.2, -0.15) is 0 Å². The lowest BCUT2D eigenvalue weighted by molar-refractivity contribution is -0.144. The molecule has 0 fully saturated rings. The summed E-state index contributed by atoms with van der Waals surface area (Å²) in [4.78, 5) is 11.8. The summed E-state index contributed by atoms with van der Waals surface area (Å²) in [6.45, 7) is 4.22. The van der Waals surface area contributed by atoms with Crippen molar-refractivity contribution in [2.75, 3.05) is 11.9 Å². The molecule has 0 aliphatic rings. The summed E-state index contributed by atoms with van der Waals surface area (Å²) in [5.74, 6) is -0.224. The molecule has 1 aromatic carbocycles. The number of ether oxygens (including phenoxy) is 1. The topological polar surface area (TPSA) is 38.3 Å². The van der Waals surface area contributed by atoms with Gasteiger partial charge in [0.05, 0.1) is 11.6 Å². The number of hydrogen-bond donors (Lipinski definition) is 1. The average Bonchev–Trinajstić information content (AvgIpc) is 2.33. The van der Waals surface area contributed by atoms with Crippen LogP contribution in [0.1, 0.15) is 26.7 Å². The van der Waals surface area contributed by atoms with E-state index in [0.717, 1.165) is 23.0 Å². The highest BCUT2D eigenvalue weighted by Crippen LogP contribution is 2.26. The van der Waals surface area contributed by atoms with Crippen LogP contribution in [0.2, 0.25) is 5.02 Å². The molecule has 0 bridgehead atoms. The molecule has 1 unspecified atom stereocenters. The minimum absolute atomic E-state index is 0.224. The minimum Gasteiger partial charge on any atom is -0.464 e. The summed E-state index contributed by atoms with van der Waals surface area (Å²) < 4.78 is 5.87. The van der Waals surface area contributed by atoms with E-state index in [-0.39, 0.29) is 12.0 Å². The van der Waals surface area contributed by atoms with Gasteiger partial charge in [0, 0.05) is 10.2 Å². The number of rotatable bonds is 6. The first-order valence-electron chi connectivity index (χ1n) is 5.96. The van der Waals surface area contributed by atoms with Crippen LogP contribution in [0.25, 0.3) is 0 Å². The van der Waals surface area contributed by atoms with Gasteiger partial charge in [-0.3, -0.25) is 0 Å². The lowest BCUT2D eigenvalue weighted by Crippen LogP contribution is -2.31. The van der Waals surface area contributed by atoms with Gasteiger partial charge in [0.25, 0.3) is 0 Å². The average molecular weight is 335 g/mol. The van der Waals surface area contributed by atoms with E-state index < -0.39 is 0 Å². The molecule has 100 valence electrons. The predicted octanol–water partition coefficient (Wildman–Crippen LogP) is 4.25. The lowest BCUT2D eigenvalue weighted by Gasteiger charge is -2.18. The quantitative estimate of drug-likeness (QED) is 0.791. The van der Waals surface area contributed by atoms with Gasteiger partial charge in [-0.05, 0) is 47.5 Å². The first kappa shape index (κ1) is 15.3. The molecule has 1 atom stereocenters. The highest BCUT2D eigenvalue weighted by molar-refractivity contribution is 9.10. The maximum absolute atomic E-state index is 11.8. The Labute approximate surface area is 121 Å². The zero-order valence-electron chi connectivity index (χ0n) is 10.5. The summed E-state index contributed by atoms with van der Waals surface area (Å²) in [6, 6.07) is 5.18. The number of anilines is 1. The highest BCUT2D eigenvalue weighted by Gasteiger charge is 2.18. The minimum atomic E-state index is -0.327. The van der Waals surface area contributed by atoms with Gasteiger partial charge >= 0.3 is 5.97 Å². The number of hydrogen-bond acceptors (Lipinski definition) is 3. The molecule has 18 heavy (non-hydrogen) atoms. The van der Waals surface area contributed by atoms with Crippen LogP contribution in [0.5, 0.6) is 0 Å². The second-order valence-electron chi connectivity index (χ2n) is 3.87. The fourth-order valence-electron chi connectivity index (χ4n) is 1.57. The van der Waals surface area contributed by atoms with Crippen LogP contribution in [-0.4, -0.2) is 18.6 Å². The molecule has 0 spiro atoms. The molecule has 0 aliphatic heterocycles. The molecular formula is C13H17BrClNO2. The van der Waals surface area contributed by atoms with Gasteiger partial charge in [0.15, 0.2) is 0 Å². The van der Waals surface area contributed by atoms with E-state index in [1.54, 1.807) is 13.0 Å². The number of esters is 1. The molecule has 0 aliphatic carbocycles. The van der Waals surface area contributed by atoms with Crippen LogP contribution in [0, 0.1) is 0 Å². The second-order valence-corrected chi connectivity index (χ2v) is 5.13. The van der Waals surface area contributed by atoms with Gasteiger partial charge in [-0.15, -0.1) is 0 Å². The standard InChI is InChI=1S/C13H17BrClNO2/c1-3-5-12(13(17)18-4-2)16-9-6-7-10(14)11(15)8-9/h6-8,12,16H,3-5H2,1-2H3. The zero-order valence-corrected chi connectivity index (χ0v) is 12.8. The number of benzene rings is 1. The molecule has 3 nitrogen and oxygen atoms in total. The number of halogens is 2. The van der Waals surface area contributed by atoms with Crippen LogP contribution in [0.15, 0.2) is 22.7 Å². The van der Waals surface area contributed by atoms with E-state index in [9.17, 15) is 4.79 Å². The van der Waals surface area contributed by atoms with Crippen LogP contribution >= 0.6 is 27.5 Å². The maximum Gasteiger partial charge on any atom is 0.328 e. The van der Waals surface area contributed by atoms with E-state index in [4.69, 9.17) is 16.3 Å². The first-order valence-corrected chi connectivity index (χ1v) is 7.13. The third-order valence-corrected chi connectivity index (χ3v) is 3.64. The van der Waals surface area contributed by atoms with E-state index in [2.05, 4.69) is 21.2 Å². The van der Waals surface area contributed by atoms with Crippen LogP contribution in [0.4, 0.5) is 5.69 Å². The van der Waals surface area contributed by atoms with Crippen molar-refractivity contribution in [1.29, 1.82) is 0 Å². The number of carbonyl (C=O) groups is 1. The Hall–Kier alpha value is -0.740. The van der Waals surface area contributed by atoms with Crippen molar-refractivity contribution in [2.45, 2.75) is 32.7 Å². The Morgan fingerprint density at radius 2 is 2.22 bits per heavy atom. The zero-order chi connectivity index (χ0) is 13.5. The summed E-state index contributed by atoms with van der Waals surface area (Å²) in [7, 11) is 0. The predicted molar refractivity (Wildman–Crippen MR) is 78.1 cm³/mol. The van der Waals surface area contributed by atoms with Gasteiger partial charge in [-0.25, -0.2) is 4.79 Å². The molecule has 0 saturated carbocycles. The van der Waals surface area contributed by atoms with Crippen LogP contribution < -0.4 is 5.32 Å². The van der Waals surface area contributed by atoms with Gasteiger partial charge in [0.1, 0.15) is 6.04 Å². The van der Waals surface area contributed by atoms with Gasteiger partial charge < -0.3 is 10.1 Å². The molecule has 0 heterocycles. The molecule has 1 N–H and O–H groups in total. The third-order valence-electron chi connectivity index (χ3n) is 2.41. The highest BCUT2D eigenvalue weighted by atomic mass is 79.9. The molecule has 0 saturated heterocycles. The molecule has 1 aromatic rings. The van der Waals surface area contributed by atoms with Crippen molar-refractivity contribution in [3.05, 3.63) is 27.7 Å². The van der Waals surface area contributed by atoms with Gasteiger partial charge in [0.2, 0.25) is 0 Å². The summed E-state index contributed by atoms with van der Waals surface area (Å²) in [6.07, 6.45) is 1.63. The Bertz CT molecular complexity index is 412. The fraction of sp³-hybridized carbons (Fsp3) is 0.462. The van der Waals surface area contributed by atoms with Crippen molar-refractivity contribution >= 4 is 39.2 Å². The van der Waals surface area contributed by atoms with Crippen molar-refractivity contribution in [3.63, 3.8) is 0 Å². The lowest BCUT2D eigenvalue weighted by atomic mass is 10.1. The Balaban J connectivity index is 2.76. The van der Waals surface area contributed by atoms with E-state index in [0.29, 0.717) is 11.6 Å². The number of nitrogens with one attached hydrogen (secondary N) is 1. The maximum atomic E-state index is 11.8. The normalized spacial score (nSPS) is 12.0. The number of carbonyl (C=O) groups excluding carboxylic acids is 1. The van der Waals surface area contributed by atoms with Crippen molar-refractivity contribution in [1.82, 2.24) is 0 Å². The van der Waals surface area contributed by atoms with Crippen molar-refractivity contribution in [2.24, 2.45) is 0 Å². The van der Waals surface area contributed by atoms with Crippen LogP contribution in [-0.2, 0) is 9.53 Å². The second kappa shape index (κ2) is 7.64. The van der Waals surface area contributed by atoms with Crippen molar-refractivity contribution in [3.8, 4) is 0 Å². The molecule has 5 heteroatoms. The smallest absolute Gasteiger partial charge is 0.328 e. The van der Waals surface area contributed by atoms with Gasteiger partial charge in [-0.1, -0.05) is 24.9 Å². The third kappa shape index (κ3) is 4.50. The Morgan fingerprint density at radius 3 is 2.78 bits per heavy atom. The van der Waals surface area contributed by atoms with Crippen LogP contribution in [0.3, 0.4) is 0 Å². The molecular weight excluding hydrogens is 318 g/mol. The van der Waals surface area contributed by atoms with E-state index in [1.807, 2.05) is 19.1 Å². The molecule has 0 amide bonds. The summed E-state index contributed by atoms with van der Waals surface area (Å²) in [5.41, 5.74) is 0.815. The molecule has 0 aromatic heterocycles. The van der Waals surface area contributed by atoms with Crippen molar-refractivity contribution < 1.29 is 9.53 Å². The summed E-state index contributed by atoms with van der Waals surface area (Å²) >= 11 is 9.34. The first-order chi connectivity index (χ1) is 8.58. The molecule has 1 rings (SSSR count). The SMILES string of the molecule is CCCC(Nc1ccc(Br)c(Cl)c1)C(=O)OCC. The molecule has 0 radical (unpaired) electrons.